The van der Waals surface area contributed by atoms with Crippen molar-refractivity contribution in [3.05, 3.63) is 10.1 Å². The average Bonchev–Trinajstić information content (AvgIpc) is 2.10. The van der Waals surface area contributed by atoms with Gasteiger partial charge < -0.3 is 15.3 Å². The molecule has 0 heterocycles. The molecule has 0 unspecified atom stereocenters. The first-order chi connectivity index (χ1) is 6.45. The zero-order chi connectivity index (χ0) is 11.1. The third-order valence-electron chi connectivity index (χ3n) is 1.51. The molecule has 0 fully saturated rings. The Morgan fingerprint density at radius 1 is 1.50 bits per heavy atom. The first-order valence-electron chi connectivity index (χ1n) is 4.14. The van der Waals surface area contributed by atoms with Crippen LogP contribution in [-0.2, 0) is 14.4 Å². The summed E-state index contributed by atoms with van der Waals surface area (Å²) in [5.41, 5.74) is 5.45. The zero-order valence-electron chi connectivity index (χ0n) is 8.13. The van der Waals surface area contributed by atoms with Gasteiger partial charge in [-0.2, -0.15) is 0 Å². The van der Waals surface area contributed by atoms with Crippen LogP contribution in [0.2, 0.25) is 0 Å². The lowest BCUT2D eigenvalue weighted by atomic mass is 10.1. The van der Waals surface area contributed by atoms with Crippen LogP contribution in [0.15, 0.2) is 0 Å². The molecule has 82 valence electrons. The van der Waals surface area contributed by atoms with E-state index in [-0.39, 0.29) is 19.1 Å². The van der Waals surface area contributed by atoms with E-state index < -0.39 is 17.1 Å². The molecule has 0 bridgehead atoms. The fourth-order valence-corrected chi connectivity index (χ4v) is 0.622. The van der Waals surface area contributed by atoms with E-state index in [4.69, 9.17) is 5.73 Å². The summed E-state index contributed by atoms with van der Waals surface area (Å²) in [4.78, 5) is 24.7. The van der Waals surface area contributed by atoms with Gasteiger partial charge in [0.25, 0.3) is 5.09 Å². The van der Waals surface area contributed by atoms with Gasteiger partial charge in [0.05, 0.1) is 0 Å². The molecule has 0 aliphatic carbocycles. The first-order valence-corrected chi connectivity index (χ1v) is 4.14. The van der Waals surface area contributed by atoms with Gasteiger partial charge in [-0.3, -0.25) is 4.79 Å². The Balaban J connectivity index is 3.59. The number of esters is 1. The van der Waals surface area contributed by atoms with Gasteiger partial charge in [-0.05, 0) is 5.92 Å². The van der Waals surface area contributed by atoms with Gasteiger partial charge in [0.2, 0.25) is 0 Å². The molecular formula is C7H14N2O5. The van der Waals surface area contributed by atoms with Crippen molar-refractivity contribution in [2.45, 2.75) is 19.9 Å². The van der Waals surface area contributed by atoms with Gasteiger partial charge >= 0.3 is 5.97 Å². The summed E-state index contributed by atoms with van der Waals surface area (Å²) in [6.45, 7) is 3.11. The predicted octanol–water partition coefficient (Wildman–Crippen LogP) is -0.279. The summed E-state index contributed by atoms with van der Waals surface area (Å²) in [6, 6.07) is -0.703. The van der Waals surface area contributed by atoms with E-state index in [1.54, 1.807) is 13.8 Å². The number of carbonyl (C=O) groups excluding carboxylic acids is 1. The summed E-state index contributed by atoms with van der Waals surface area (Å²) in [6.07, 6.45) is 0. The highest BCUT2D eigenvalue weighted by atomic mass is 17.0. The highest BCUT2D eigenvalue weighted by Gasteiger charge is 2.18. The number of nitrogens with two attached hydrogens (primary N) is 1. The summed E-state index contributed by atoms with van der Waals surface area (Å²) in [7, 11) is 0. The minimum absolute atomic E-state index is 0.0288. The van der Waals surface area contributed by atoms with Crippen molar-refractivity contribution in [1.82, 2.24) is 0 Å². The molecular weight excluding hydrogens is 192 g/mol. The van der Waals surface area contributed by atoms with E-state index in [9.17, 15) is 14.9 Å². The standard InChI is InChI=1S/C7H14N2O5/c1-5(2)6(8)7(10)13-3-4-14-9(11)12/h5-6H,3-4,8H2,1-2H3/t6-/m0/s1. The summed E-state index contributed by atoms with van der Waals surface area (Å²) in [5, 5.41) is 8.76. The van der Waals surface area contributed by atoms with Crippen molar-refractivity contribution in [2.24, 2.45) is 11.7 Å². The second kappa shape index (κ2) is 6.14. The Bertz CT molecular complexity index is 206. The molecule has 14 heavy (non-hydrogen) atoms. The normalized spacial score (nSPS) is 12.3. The maximum Gasteiger partial charge on any atom is 0.323 e. The Labute approximate surface area is 81.3 Å². The van der Waals surface area contributed by atoms with Crippen LogP contribution in [0.4, 0.5) is 0 Å². The minimum Gasteiger partial charge on any atom is -0.462 e. The number of hydrogen-bond acceptors (Lipinski definition) is 6. The van der Waals surface area contributed by atoms with Crippen LogP contribution in [-0.4, -0.2) is 30.3 Å². The molecule has 0 rings (SSSR count). The number of hydrogen-bond donors (Lipinski definition) is 1. The molecule has 0 aromatic rings. The average molecular weight is 206 g/mol. The molecule has 1 atom stereocenters. The molecule has 0 amide bonds. The maximum atomic E-state index is 11.1. The molecule has 0 aromatic carbocycles. The predicted molar refractivity (Wildman–Crippen MR) is 46.7 cm³/mol. The fourth-order valence-electron chi connectivity index (χ4n) is 0.622. The van der Waals surface area contributed by atoms with Crippen molar-refractivity contribution in [3.63, 3.8) is 0 Å². The van der Waals surface area contributed by atoms with E-state index in [0.717, 1.165) is 0 Å². The second-order valence-corrected chi connectivity index (χ2v) is 2.99. The summed E-state index contributed by atoms with van der Waals surface area (Å²) < 4.78 is 4.62. The van der Waals surface area contributed by atoms with Crippen LogP contribution in [0.25, 0.3) is 0 Å². The second-order valence-electron chi connectivity index (χ2n) is 2.99. The van der Waals surface area contributed by atoms with E-state index in [1.165, 1.54) is 0 Å². The van der Waals surface area contributed by atoms with Crippen LogP contribution < -0.4 is 5.73 Å². The number of carbonyl (C=O) groups is 1. The molecule has 0 aliphatic heterocycles. The highest BCUT2D eigenvalue weighted by Crippen LogP contribution is 2.00. The van der Waals surface area contributed by atoms with Crippen LogP contribution in [0.5, 0.6) is 0 Å². The van der Waals surface area contributed by atoms with Crippen molar-refractivity contribution in [2.75, 3.05) is 13.2 Å². The van der Waals surface area contributed by atoms with E-state index >= 15 is 0 Å². The third-order valence-corrected chi connectivity index (χ3v) is 1.51. The van der Waals surface area contributed by atoms with Crippen LogP contribution in [0.3, 0.4) is 0 Å². The van der Waals surface area contributed by atoms with Crippen molar-refractivity contribution in [1.29, 1.82) is 0 Å². The molecule has 0 aromatic heterocycles. The number of rotatable bonds is 6. The van der Waals surface area contributed by atoms with Crippen molar-refractivity contribution >= 4 is 5.97 Å². The minimum atomic E-state index is -0.948. The molecule has 0 radical (unpaired) electrons. The lowest BCUT2D eigenvalue weighted by Crippen LogP contribution is -2.37. The Hall–Kier alpha value is -1.37. The van der Waals surface area contributed by atoms with Gasteiger partial charge in [-0.25, -0.2) is 0 Å². The number of nitrogens with zero attached hydrogens (tertiary/aromatic N) is 1. The quantitative estimate of drug-likeness (QED) is 0.277. The fraction of sp³-hybridized carbons (Fsp3) is 0.857. The third kappa shape index (κ3) is 5.31. The highest BCUT2D eigenvalue weighted by molar-refractivity contribution is 5.75. The summed E-state index contributed by atoms with van der Waals surface area (Å²) in [5.74, 6) is -0.606. The van der Waals surface area contributed by atoms with Gasteiger partial charge in [-0.15, -0.1) is 10.1 Å². The molecule has 2 N–H and O–H groups in total. The Morgan fingerprint density at radius 2 is 2.07 bits per heavy atom. The van der Waals surface area contributed by atoms with Gasteiger partial charge in [0.1, 0.15) is 19.3 Å². The molecule has 7 heteroatoms. The number of ether oxygens (including phenoxy) is 1. The molecule has 0 saturated heterocycles. The zero-order valence-corrected chi connectivity index (χ0v) is 8.13. The summed E-state index contributed by atoms with van der Waals surface area (Å²) >= 11 is 0. The first kappa shape index (κ1) is 12.6. The van der Waals surface area contributed by atoms with Gasteiger partial charge in [0, 0.05) is 0 Å². The molecule has 0 saturated carbocycles. The van der Waals surface area contributed by atoms with E-state index in [0.29, 0.717) is 0 Å². The lowest BCUT2D eigenvalue weighted by molar-refractivity contribution is -0.757. The molecule has 0 spiro atoms. The maximum absolute atomic E-state index is 11.1. The van der Waals surface area contributed by atoms with Crippen LogP contribution in [0, 0.1) is 16.0 Å². The SMILES string of the molecule is CC(C)[C@H](N)C(=O)OCCO[N+](=O)[O-]. The van der Waals surface area contributed by atoms with Crippen molar-refractivity contribution < 1.29 is 19.5 Å². The van der Waals surface area contributed by atoms with E-state index in [2.05, 4.69) is 9.57 Å². The van der Waals surface area contributed by atoms with Crippen molar-refractivity contribution in [3.8, 4) is 0 Å². The smallest absolute Gasteiger partial charge is 0.323 e. The van der Waals surface area contributed by atoms with Gasteiger partial charge in [-0.1, -0.05) is 13.8 Å². The van der Waals surface area contributed by atoms with Crippen LogP contribution >= 0.6 is 0 Å². The Kier molecular flexibility index (Phi) is 5.54. The molecule has 7 nitrogen and oxygen atoms in total. The largest absolute Gasteiger partial charge is 0.462 e. The topological polar surface area (TPSA) is 105 Å². The van der Waals surface area contributed by atoms with E-state index in [1.807, 2.05) is 0 Å². The monoisotopic (exact) mass is 206 g/mol. The lowest BCUT2D eigenvalue weighted by Gasteiger charge is -2.13. The molecule has 0 aliphatic rings. The van der Waals surface area contributed by atoms with Crippen LogP contribution in [0.1, 0.15) is 13.8 Å². The van der Waals surface area contributed by atoms with Gasteiger partial charge in [0.15, 0.2) is 0 Å². The Morgan fingerprint density at radius 3 is 2.50 bits per heavy atom.